The van der Waals surface area contributed by atoms with Crippen LogP contribution in [0.25, 0.3) is 0 Å². The van der Waals surface area contributed by atoms with Gasteiger partial charge in [0, 0.05) is 23.1 Å². The summed E-state index contributed by atoms with van der Waals surface area (Å²) in [7, 11) is 0. The molecule has 1 saturated carbocycles. The van der Waals surface area contributed by atoms with Gasteiger partial charge in [-0.25, -0.2) is 4.98 Å². The van der Waals surface area contributed by atoms with Gasteiger partial charge in [-0.2, -0.15) is 0 Å². The molecule has 4 heteroatoms. The van der Waals surface area contributed by atoms with E-state index in [0.29, 0.717) is 0 Å². The van der Waals surface area contributed by atoms with Crippen LogP contribution in [0.1, 0.15) is 18.4 Å². The molecular formula is C11H11BrN2O. The molecule has 15 heavy (non-hydrogen) atoms. The highest BCUT2D eigenvalue weighted by molar-refractivity contribution is 9.10. The lowest BCUT2D eigenvalue weighted by Gasteiger charge is -2.15. The number of pyridine rings is 1. The lowest BCUT2D eigenvalue weighted by atomic mass is 10.2. The van der Waals surface area contributed by atoms with Crippen LogP contribution in [0.15, 0.2) is 16.7 Å². The van der Waals surface area contributed by atoms with E-state index in [0.717, 1.165) is 36.1 Å². The zero-order chi connectivity index (χ0) is 10.4. The van der Waals surface area contributed by atoms with Crippen LogP contribution >= 0.6 is 15.9 Å². The number of rotatable bonds is 1. The van der Waals surface area contributed by atoms with Gasteiger partial charge in [0.25, 0.3) is 0 Å². The Balaban J connectivity index is 1.93. The second-order valence-corrected chi connectivity index (χ2v) is 5.07. The molecule has 0 unspecified atom stereocenters. The van der Waals surface area contributed by atoms with Gasteiger partial charge in [-0.3, -0.25) is 9.69 Å². The fraction of sp³-hybridized carbons (Fsp3) is 0.455. The van der Waals surface area contributed by atoms with Gasteiger partial charge >= 0.3 is 0 Å². The number of hydrogen-bond acceptors (Lipinski definition) is 2. The third-order valence-corrected chi connectivity index (χ3v) is 3.40. The maximum absolute atomic E-state index is 11.9. The molecule has 1 aromatic heterocycles. The van der Waals surface area contributed by atoms with Gasteiger partial charge in [0.1, 0.15) is 5.82 Å². The normalized spacial score (nSPS) is 19.1. The Morgan fingerprint density at radius 2 is 2.33 bits per heavy atom. The topological polar surface area (TPSA) is 33.2 Å². The third-order valence-electron chi connectivity index (χ3n) is 2.96. The van der Waals surface area contributed by atoms with E-state index in [1.54, 1.807) is 6.20 Å². The minimum atomic E-state index is 0.267. The van der Waals surface area contributed by atoms with Crippen molar-refractivity contribution in [3.8, 4) is 0 Å². The number of amides is 1. The predicted molar refractivity (Wildman–Crippen MR) is 60.7 cm³/mol. The van der Waals surface area contributed by atoms with Crippen molar-refractivity contribution in [1.82, 2.24) is 4.98 Å². The molecule has 0 saturated heterocycles. The van der Waals surface area contributed by atoms with Gasteiger partial charge in [-0.1, -0.05) is 0 Å². The van der Waals surface area contributed by atoms with Crippen molar-refractivity contribution in [3.63, 3.8) is 0 Å². The van der Waals surface area contributed by atoms with Crippen LogP contribution in [0.3, 0.4) is 0 Å². The molecule has 1 aliphatic heterocycles. The highest BCUT2D eigenvalue weighted by atomic mass is 79.9. The Hall–Kier alpha value is -0.900. The van der Waals surface area contributed by atoms with E-state index in [-0.39, 0.29) is 11.8 Å². The molecule has 1 aromatic rings. The standard InChI is InChI=1S/C11H11BrN2O/c12-9-5-8-3-4-14(10(8)13-6-9)11(15)7-1-2-7/h5-7H,1-4H2. The second kappa shape index (κ2) is 3.30. The smallest absolute Gasteiger partial charge is 0.231 e. The quantitative estimate of drug-likeness (QED) is 0.781. The van der Waals surface area contributed by atoms with E-state index in [2.05, 4.69) is 27.0 Å². The van der Waals surface area contributed by atoms with Gasteiger partial charge in [0.05, 0.1) is 0 Å². The average molecular weight is 267 g/mol. The summed E-state index contributed by atoms with van der Waals surface area (Å²) in [4.78, 5) is 18.1. The second-order valence-electron chi connectivity index (χ2n) is 4.15. The van der Waals surface area contributed by atoms with E-state index in [9.17, 15) is 4.79 Å². The van der Waals surface area contributed by atoms with Crippen molar-refractivity contribution in [2.45, 2.75) is 19.3 Å². The van der Waals surface area contributed by atoms with Crippen molar-refractivity contribution >= 4 is 27.7 Å². The van der Waals surface area contributed by atoms with Gasteiger partial charge in [-0.15, -0.1) is 0 Å². The first-order valence-electron chi connectivity index (χ1n) is 5.21. The maximum Gasteiger partial charge on any atom is 0.231 e. The van der Waals surface area contributed by atoms with E-state index < -0.39 is 0 Å². The molecule has 1 fully saturated rings. The van der Waals surface area contributed by atoms with Crippen LogP contribution in [-0.4, -0.2) is 17.4 Å². The largest absolute Gasteiger partial charge is 0.296 e. The van der Waals surface area contributed by atoms with E-state index in [4.69, 9.17) is 0 Å². The number of halogens is 1. The first-order valence-corrected chi connectivity index (χ1v) is 6.01. The predicted octanol–water partition coefficient (Wildman–Crippen LogP) is 2.14. The first-order chi connectivity index (χ1) is 7.25. The molecule has 3 rings (SSSR count). The molecule has 3 nitrogen and oxygen atoms in total. The van der Waals surface area contributed by atoms with Crippen molar-refractivity contribution in [2.75, 3.05) is 11.4 Å². The summed E-state index contributed by atoms with van der Waals surface area (Å²) < 4.78 is 0.988. The minimum absolute atomic E-state index is 0.267. The molecule has 1 aliphatic carbocycles. The van der Waals surface area contributed by atoms with Crippen molar-refractivity contribution < 1.29 is 4.79 Å². The summed E-state index contributed by atoms with van der Waals surface area (Å²) in [6.07, 6.45) is 4.81. The Bertz CT molecular complexity index is 429. The summed E-state index contributed by atoms with van der Waals surface area (Å²) in [5.74, 6) is 1.42. The minimum Gasteiger partial charge on any atom is -0.296 e. The van der Waals surface area contributed by atoms with E-state index in [1.165, 1.54) is 5.56 Å². The SMILES string of the molecule is O=C(C1CC1)N1CCc2cc(Br)cnc21. The van der Waals surface area contributed by atoms with Crippen LogP contribution in [0, 0.1) is 5.92 Å². The third kappa shape index (κ3) is 1.57. The van der Waals surface area contributed by atoms with Crippen LogP contribution in [0.2, 0.25) is 0 Å². The number of nitrogens with zero attached hydrogens (tertiary/aromatic N) is 2. The number of aromatic nitrogens is 1. The number of carbonyl (C=O) groups is 1. The fourth-order valence-electron chi connectivity index (χ4n) is 2.00. The highest BCUT2D eigenvalue weighted by Crippen LogP contribution is 2.35. The van der Waals surface area contributed by atoms with E-state index >= 15 is 0 Å². The van der Waals surface area contributed by atoms with Gasteiger partial charge < -0.3 is 0 Å². The molecule has 0 N–H and O–H groups in total. The van der Waals surface area contributed by atoms with Gasteiger partial charge in [0.2, 0.25) is 5.91 Å². The van der Waals surface area contributed by atoms with Crippen LogP contribution in [0.5, 0.6) is 0 Å². The van der Waals surface area contributed by atoms with Crippen LogP contribution in [0.4, 0.5) is 5.82 Å². The first kappa shape index (κ1) is 9.33. The van der Waals surface area contributed by atoms with E-state index in [1.807, 2.05) is 4.90 Å². The van der Waals surface area contributed by atoms with Gasteiger partial charge in [-0.05, 0) is 46.8 Å². The number of anilines is 1. The summed E-state index contributed by atoms with van der Waals surface area (Å²) in [5, 5.41) is 0. The summed E-state index contributed by atoms with van der Waals surface area (Å²) in [6, 6.07) is 2.06. The Morgan fingerprint density at radius 1 is 1.53 bits per heavy atom. The summed E-state index contributed by atoms with van der Waals surface area (Å²) in [6.45, 7) is 0.800. The molecule has 0 atom stereocenters. The number of carbonyl (C=O) groups excluding carboxylic acids is 1. The summed E-state index contributed by atoms with van der Waals surface area (Å²) in [5.41, 5.74) is 1.18. The molecule has 2 aliphatic rings. The Labute approximate surface area is 96.6 Å². The molecule has 0 aromatic carbocycles. The maximum atomic E-state index is 11.9. The molecular weight excluding hydrogens is 256 g/mol. The Morgan fingerprint density at radius 3 is 3.07 bits per heavy atom. The molecule has 0 spiro atoms. The van der Waals surface area contributed by atoms with Gasteiger partial charge in [0.15, 0.2) is 0 Å². The molecule has 78 valence electrons. The molecule has 1 amide bonds. The molecule has 2 heterocycles. The lowest BCUT2D eigenvalue weighted by Crippen LogP contribution is -2.30. The number of fused-ring (bicyclic) bond motifs is 1. The zero-order valence-electron chi connectivity index (χ0n) is 8.24. The lowest BCUT2D eigenvalue weighted by molar-refractivity contribution is -0.119. The average Bonchev–Trinajstić information content (AvgIpc) is 2.98. The van der Waals surface area contributed by atoms with Crippen LogP contribution in [-0.2, 0) is 11.2 Å². The van der Waals surface area contributed by atoms with Crippen molar-refractivity contribution in [3.05, 3.63) is 22.3 Å². The Kier molecular flexibility index (Phi) is 2.06. The summed E-state index contributed by atoms with van der Waals surface area (Å²) >= 11 is 3.40. The monoisotopic (exact) mass is 266 g/mol. The zero-order valence-corrected chi connectivity index (χ0v) is 9.83. The number of hydrogen-bond donors (Lipinski definition) is 0. The van der Waals surface area contributed by atoms with Crippen molar-refractivity contribution in [1.29, 1.82) is 0 Å². The highest BCUT2D eigenvalue weighted by Gasteiger charge is 2.37. The molecule has 0 bridgehead atoms. The van der Waals surface area contributed by atoms with Crippen molar-refractivity contribution in [2.24, 2.45) is 5.92 Å². The van der Waals surface area contributed by atoms with Crippen LogP contribution < -0.4 is 4.90 Å². The molecule has 0 radical (unpaired) electrons. The fourth-order valence-corrected chi connectivity index (χ4v) is 2.38.